The van der Waals surface area contributed by atoms with Crippen LogP contribution in [0.5, 0.6) is 0 Å². The maximum absolute atomic E-state index is 4.00. The zero-order valence-electron chi connectivity index (χ0n) is 25.1. The second kappa shape index (κ2) is 10.3. The number of hydrogen-bond acceptors (Lipinski definition) is 3. The maximum Gasteiger partial charge on any atom is 0.0743 e. The number of hydrazine groups is 1. The van der Waals surface area contributed by atoms with E-state index in [0.29, 0.717) is 0 Å². The number of rotatable bonds is 5. The second-order valence-corrected chi connectivity index (χ2v) is 12.1. The molecule has 214 valence electrons. The Bertz CT molecular complexity index is 1830. The molecule has 0 unspecified atom stereocenters. The molecule has 2 aliphatic heterocycles. The van der Waals surface area contributed by atoms with E-state index in [1.165, 1.54) is 44.8 Å². The van der Waals surface area contributed by atoms with Gasteiger partial charge in [-0.05, 0) is 64.6 Å². The van der Waals surface area contributed by atoms with Crippen molar-refractivity contribution in [1.82, 2.24) is 5.43 Å². The summed E-state index contributed by atoms with van der Waals surface area (Å²) in [5.74, 6) is 0. The van der Waals surface area contributed by atoms with Gasteiger partial charge in [0.25, 0.3) is 0 Å². The summed E-state index contributed by atoms with van der Waals surface area (Å²) >= 11 is 0. The van der Waals surface area contributed by atoms with Crippen LogP contribution in [-0.4, -0.2) is 13.6 Å². The van der Waals surface area contributed by atoms with Crippen LogP contribution in [0.3, 0.4) is 0 Å². The fourth-order valence-electron chi connectivity index (χ4n) is 7.75. The summed E-state index contributed by atoms with van der Waals surface area (Å²) in [6, 6.07) is 57.4. The normalized spacial score (nSPS) is 15.5. The molecule has 0 saturated carbocycles. The minimum atomic E-state index is -0.468. The SMILES string of the molecule is CN1c2ccccc2C(C)(CNN2c3ccccc3C(c3ccccc3)(c3ccccc3)c3ccccc32)c2ccccc21. The van der Waals surface area contributed by atoms with Gasteiger partial charge in [-0.1, -0.05) is 133 Å². The highest BCUT2D eigenvalue weighted by Crippen LogP contribution is 2.55. The van der Waals surface area contributed by atoms with Crippen molar-refractivity contribution in [2.45, 2.75) is 17.8 Å². The number of benzene rings is 6. The van der Waals surface area contributed by atoms with Crippen molar-refractivity contribution in [2.24, 2.45) is 0 Å². The van der Waals surface area contributed by atoms with Crippen LogP contribution >= 0.6 is 0 Å². The predicted molar refractivity (Wildman–Crippen MR) is 182 cm³/mol. The van der Waals surface area contributed by atoms with Crippen molar-refractivity contribution in [3.05, 3.63) is 191 Å². The lowest BCUT2D eigenvalue weighted by molar-refractivity contribution is 0.497. The molecule has 8 rings (SSSR count). The molecule has 2 aliphatic rings. The predicted octanol–water partition coefficient (Wildman–Crippen LogP) is 9.11. The fraction of sp³-hybridized carbons (Fsp3) is 0.122. The smallest absolute Gasteiger partial charge is 0.0743 e. The van der Waals surface area contributed by atoms with Gasteiger partial charge in [-0.25, -0.2) is 5.43 Å². The third kappa shape index (κ3) is 3.73. The molecule has 0 radical (unpaired) electrons. The lowest BCUT2D eigenvalue weighted by Gasteiger charge is -2.48. The number of anilines is 4. The molecular formula is C41H35N3. The highest BCUT2D eigenvalue weighted by atomic mass is 15.5. The van der Waals surface area contributed by atoms with Gasteiger partial charge in [0.2, 0.25) is 0 Å². The van der Waals surface area contributed by atoms with Crippen LogP contribution in [0.4, 0.5) is 22.7 Å². The molecule has 0 aromatic heterocycles. The molecule has 3 nitrogen and oxygen atoms in total. The highest BCUT2D eigenvalue weighted by molar-refractivity contribution is 5.83. The average Bonchev–Trinajstić information content (AvgIpc) is 3.10. The molecule has 0 atom stereocenters. The number of nitrogens with one attached hydrogen (secondary N) is 1. The molecule has 0 saturated heterocycles. The minimum absolute atomic E-state index is 0.253. The number of nitrogens with zero attached hydrogens (tertiary/aromatic N) is 2. The molecule has 6 aromatic rings. The molecule has 1 N–H and O–H groups in total. The molecule has 3 heteroatoms. The summed E-state index contributed by atoms with van der Waals surface area (Å²) in [5.41, 5.74) is 15.8. The first-order chi connectivity index (χ1) is 21.6. The van der Waals surface area contributed by atoms with Crippen molar-refractivity contribution < 1.29 is 0 Å². The molecular weight excluding hydrogens is 534 g/mol. The van der Waals surface area contributed by atoms with Crippen LogP contribution in [0.25, 0.3) is 0 Å². The van der Waals surface area contributed by atoms with Gasteiger partial charge in [-0.3, -0.25) is 5.01 Å². The van der Waals surface area contributed by atoms with E-state index in [1.807, 2.05) is 0 Å². The van der Waals surface area contributed by atoms with E-state index in [2.05, 4.69) is 187 Å². The zero-order valence-corrected chi connectivity index (χ0v) is 25.1. The summed E-state index contributed by atoms with van der Waals surface area (Å²) in [6.07, 6.45) is 0. The zero-order chi connectivity index (χ0) is 29.7. The third-order valence-electron chi connectivity index (χ3n) is 9.82. The first-order valence-corrected chi connectivity index (χ1v) is 15.4. The summed E-state index contributed by atoms with van der Waals surface area (Å²) < 4.78 is 0. The van der Waals surface area contributed by atoms with Gasteiger partial charge in [0.15, 0.2) is 0 Å². The van der Waals surface area contributed by atoms with Gasteiger partial charge < -0.3 is 4.90 Å². The Kier molecular flexibility index (Phi) is 6.18. The first-order valence-electron chi connectivity index (χ1n) is 15.4. The Morgan fingerprint density at radius 1 is 0.455 bits per heavy atom. The molecule has 44 heavy (non-hydrogen) atoms. The van der Waals surface area contributed by atoms with Crippen LogP contribution in [0.1, 0.15) is 40.3 Å². The first kappa shape index (κ1) is 26.5. The lowest BCUT2D eigenvalue weighted by atomic mass is 9.62. The van der Waals surface area contributed by atoms with Crippen molar-refractivity contribution in [3.63, 3.8) is 0 Å². The average molecular weight is 570 g/mol. The summed E-state index contributed by atoms with van der Waals surface area (Å²) in [6.45, 7) is 3.10. The largest absolute Gasteiger partial charge is 0.344 e. The minimum Gasteiger partial charge on any atom is -0.344 e. The quantitative estimate of drug-likeness (QED) is 0.223. The molecule has 0 bridgehead atoms. The summed E-state index contributed by atoms with van der Waals surface area (Å²) in [4.78, 5) is 2.33. The number of hydrogen-bond donors (Lipinski definition) is 1. The Morgan fingerprint density at radius 2 is 0.818 bits per heavy atom. The van der Waals surface area contributed by atoms with Crippen molar-refractivity contribution in [3.8, 4) is 0 Å². The van der Waals surface area contributed by atoms with Crippen LogP contribution in [0, 0.1) is 0 Å². The van der Waals surface area contributed by atoms with E-state index >= 15 is 0 Å². The Hall–Kier alpha value is -5.12. The Labute approximate surface area is 260 Å². The summed E-state index contributed by atoms with van der Waals surface area (Å²) in [7, 11) is 2.18. The highest BCUT2D eigenvalue weighted by Gasteiger charge is 2.47. The molecule has 0 spiro atoms. The van der Waals surface area contributed by atoms with Crippen LogP contribution in [0.2, 0.25) is 0 Å². The van der Waals surface area contributed by atoms with E-state index in [1.54, 1.807) is 0 Å². The van der Waals surface area contributed by atoms with Gasteiger partial charge in [-0.15, -0.1) is 0 Å². The van der Waals surface area contributed by atoms with E-state index < -0.39 is 5.41 Å². The maximum atomic E-state index is 4.00. The molecule has 0 aliphatic carbocycles. The lowest BCUT2D eigenvalue weighted by Crippen LogP contribution is -2.49. The molecule has 0 amide bonds. The number of para-hydroxylation sites is 4. The van der Waals surface area contributed by atoms with Crippen LogP contribution in [0.15, 0.2) is 158 Å². The Balaban J connectivity index is 1.31. The van der Waals surface area contributed by atoms with Gasteiger partial charge in [0, 0.05) is 30.4 Å². The van der Waals surface area contributed by atoms with E-state index in [0.717, 1.165) is 17.9 Å². The van der Waals surface area contributed by atoms with E-state index in [9.17, 15) is 0 Å². The van der Waals surface area contributed by atoms with E-state index in [-0.39, 0.29) is 5.41 Å². The topological polar surface area (TPSA) is 18.5 Å². The van der Waals surface area contributed by atoms with Gasteiger partial charge in [0.1, 0.15) is 0 Å². The Morgan fingerprint density at radius 3 is 1.27 bits per heavy atom. The monoisotopic (exact) mass is 569 g/mol. The molecule has 6 aromatic carbocycles. The van der Waals surface area contributed by atoms with Crippen molar-refractivity contribution in [1.29, 1.82) is 0 Å². The summed E-state index contributed by atoms with van der Waals surface area (Å²) in [5, 5.41) is 2.34. The molecule has 2 heterocycles. The third-order valence-corrected chi connectivity index (χ3v) is 9.82. The standard InChI is InChI=1S/C41H35N3/c1-40(32-21-9-13-25-36(32)43(2)37-26-14-10-22-33(37)40)29-42-44-38-27-15-11-23-34(38)41(30-17-5-3-6-18-30,31-19-7-4-8-20-31)35-24-12-16-28-39(35)44/h3-28,42H,29H2,1-2H3. The fourth-order valence-corrected chi connectivity index (χ4v) is 7.75. The van der Waals surface area contributed by atoms with Gasteiger partial charge >= 0.3 is 0 Å². The number of fused-ring (bicyclic) bond motifs is 4. The molecule has 0 fully saturated rings. The van der Waals surface area contributed by atoms with Crippen LogP contribution in [-0.2, 0) is 10.8 Å². The van der Waals surface area contributed by atoms with Crippen molar-refractivity contribution >= 4 is 22.7 Å². The van der Waals surface area contributed by atoms with Gasteiger partial charge in [0.05, 0.1) is 16.8 Å². The second-order valence-electron chi connectivity index (χ2n) is 12.1. The van der Waals surface area contributed by atoms with E-state index in [4.69, 9.17) is 0 Å². The van der Waals surface area contributed by atoms with Crippen molar-refractivity contribution in [2.75, 3.05) is 23.5 Å². The van der Waals surface area contributed by atoms with Gasteiger partial charge in [-0.2, -0.15) is 0 Å². The van der Waals surface area contributed by atoms with Crippen LogP contribution < -0.4 is 15.3 Å².